The largest absolute Gasteiger partial charge is 0.508 e. The number of benzene rings is 3. The molecule has 6 nitrogen and oxygen atoms in total. The first kappa shape index (κ1) is 24.1. The number of nitrogens with zero attached hydrogens (tertiary/aromatic N) is 1. The molecule has 1 aliphatic heterocycles. The SMILES string of the molecule is Cc1ccc(O)c(C(CC(=O)NCC(=O)NC2[C@H]3CN(Cc4ccccc4)C[C@@H]23)c2ccccc2)c1. The fraction of sp³-hybridized carbons (Fsp3) is 0.333. The van der Waals surface area contributed by atoms with Gasteiger partial charge in [0, 0.05) is 43.6 Å². The number of aryl methyl sites for hydroxylation is 1. The molecule has 0 bridgehead atoms. The van der Waals surface area contributed by atoms with Gasteiger partial charge in [-0.25, -0.2) is 0 Å². The highest BCUT2D eigenvalue weighted by Crippen LogP contribution is 2.45. The zero-order valence-corrected chi connectivity index (χ0v) is 20.6. The summed E-state index contributed by atoms with van der Waals surface area (Å²) in [5.41, 5.74) is 3.99. The molecule has 1 saturated heterocycles. The van der Waals surface area contributed by atoms with Gasteiger partial charge in [0.25, 0.3) is 0 Å². The maximum absolute atomic E-state index is 12.8. The first-order valence-electron chi connectivity index (χ1n) is 12.6. The van der Waals surface area contributed by atoms with Gasteiger partial charge >= 0.3 is 0 Å². The first-order chi connectivity index (χ1) is 17.5. The van der Waals surface area contributed by atoms with Crippen molar-refractivity contribution in [3.63, 3.8) is 0 Å². The summed E-state index contributed by atoms with van der Waals surface area (Å²) in [7, 11) is 0. The van der Waals surface area contributed by atoms with Crippen LogP contribution in [-0.2, 0) is 16.1 Å². The quantitative estimate of drug-likeness (QED) is 0.435. The van der Waals surface area contributed by atoms with Crippen LogP contribution in [0.5, 0.6) is 5.75 Å². The van der Waals surface area contributed by atoms with Crippen molar-refractivity contribution in [2.45, 2.75) is 31.8 Å². The third-order valence-electron chi connectivity index (χ3n) is 7.44. The molecular formula is C30H33N3O3. The zero-order chi connectivity index (χ0) is 25.1. The second-order valence-electron chi connectivity index (χ2n) is 10.1. The smallest absolute Gasteiger partial charge is 0.239 e. The van der Waals surface area contributed by atoms with E-state index in [0.717, 1.165) is 30.8 Å². The van der Waals surface area contributed by atoms with Gasteiger partial charge < -0.3 is 15.7 Å². The van der Waals surface area contributed by atoms with Gasteiger partial charge in [-0.05, 0) is 36.0 Å². The van der Waals surface area contributed by atoms with Crippen LogP contribution >= 0.6 is 0 Å². The van der Waals surface area contributed by atoms with E-state index in [1.54, 1.807) is 6.07 Å². The van der Waals surface area contributed by atoms with E-state index < -0.39 is 0 Å². The number of phenols is 1. The van der Waals surface area contributed by atoms with Gasteiger partial charge in [0.15, 0.2) is 0 Å². The van der Waals surface area contributed by atoms with Crippen LogP contribution in [0.4, 0.5) is 0 Å². The number of carbonyl (C=O) groups is 2. The van der Waals surface area contributed by atoms with E-state index in [1.165, 1.54) is 5.56 Å². The average Bonchev–Trinajstić information content (AvgIpc) is 3.31. The maximum atomic E-state index is 12.8. The van der Waals surface area contributed by atoms with Crippen LogP contribution < -0.4 is 10.6 Å². The number of fused-ring (bicyclic) bond motifs is 1. The lowest BCUT2D eigenvalue weighted by Gasteiger charge is -2.20. The summed E-state index contributed by atoms with van der Waals surface area (Å²) in [5, 5.41) is 16.4. The van der Waals surface area contributed by atoms with E-state index in [0.29, 0.717) is 17.4 Å². The molecule has 1 aliphatic carbocycles. The van der Waals surface area contributed by atoms with Gasteiger partial charge in [-0.15, -0.1) is 0 Å². The summed E-state index contributed by atoms with van der Waals surface area (Å²) in [5.74, 6) is 0.506. The molecule has 0 aromatic heterocycles. The van der Waals surface area contributed by atoms with E-state index >= 15 is 0 Å². The summed E-state index contributed by atoms with van der Waals surface area (Å²) < 4.78 is 0. The number of nitrogens with one attached hydrogen (secondary N) is 2. The Balaban J connectivity index is 1.11. The highest BCUT2D eigenvalue weighted by molar-refractivity contribution is 5.85. The van der Waals surface area contributed by atoms with Gasteiger partial charge in [-0.2, -0.15) is 0 Å². The maximum Gasteiger partial charge on any atom is 0.239 e. The summed E-state index contributed by atoms with van der Waals surface area (Å²) in [4.78, 5) is 27.8. The fourth-order valence-corrected chi connectivity index (χ4v) is 5.52. The molecule has 2 aliphatic rings. The Kier molecular flexibility index (Phi) is 7.05. The highest BCUT2D eigenvalue weighted by atomic mass is 16.3. The van der Waals surface area contributed by atoms with Crippen LogP contribution in [-0.4, -0.2) is 47.5 Å². The number of aromatic hydroxyl groups is 1. The van der Waals surface area contributed by atoms with Crippen molar-refractivity contribution in [2.24, 2.45) is 11.8 Å². The monoisotopic (exact) mass is 483 g/mol. The molecule has 1 saturated carbocycles. The number of carbonyl (C=O) groups excluding carboxylic acids is 2. The van der Waals surface area contributed by atoms with Crippen molar-refractivity contribution < 1.29 is 14.7 Å². The van der Waals surface area contributed by atoms with Crippen molar-refractivity contribution in [1.29, 1.82) is 0 Å². The molecule has 186 valence electrons. The van der Waals surface area contributed by atoms with E-state index in [9.17, 15) is 14.7 Å². The molecule has 0 spiro atoms. The standard InChI is InChI=1S/C30H33N3O3/c1-20-12-13-27(34)24(14-20)23(22-10-6-3-7-11-22)15-28(35)31-16-29(36)32-30-25-18-33(19-26(25)30)17-21-8-4-2-5-9-21/h2-14,23,25-26,30,34H,15-19H2,1H3,(H,31,35)(H,32,36)/t23?,25-,26+,30?. The molecule has 36 heavy (non-hydrogen) atoms. The number of likely N-dealkylation sites (tertiary alicyclic amines) is 1. The summed E-state index contributed by atoms with van der Waals surface area (Å²) in [6, 6.07) is 25.8. The van der Waals surface area contributed by atoms with Crippen LogP contribution in [0.1, 0.15) is 34.6 Å². The average molecular weight is 484 g/mol. The molecule has 3 N–H and O–H groups in total. The molecule has 5 rings (SSSR count). The minimum absolute atomic E-state index is 0.0379. The molecule has 6 heteroatoms. The van der Waals surface area contributed by atoms with Crippen molar-refractivity contribution >= 4 is 11.8 Å². The van der Waals surface area contributed by atoms with Crippen LogP contribution in [0.15, 0.2) is 78.9 Å². The Morgan fingerprint density at radius 2 is 1.61 bits per heavy atom. The summed E-state index contributed by atoms with van der Waals surface area (Å²) >= 11 is 0. The van der Waals surface area contributed by atoms with Gasteiger partial charge in [-0.1, -0.05) is 78.4 Å². The summed E-state index contributed by atoms with van der Waals surface area (Å²) in [6.45, 7) is 4.86. The second kappa shape index (κ2) is 10.5. The van der Waals surface area contributed by atoms with E-state index in [1.807, 2.05) is 55.5 Å². The lowest BCUT2D eigenvalue weighted by atomic mass is 9.87. The van der Waals surface area contributed by atoms with Gasteiger partial charge in [0.05, 0.1) is 6.54 Å². The van der Waals surface area contributed by atoms with E-state index in [2.05, 4.69) is 39.8 Å². The van der Waals surface area contributed by atoms with Crippen LogP contribution in [0, 0.1) is 18.8 Å². The third-order valence-corrected chi connectivity index (χ3v) is 7.44. The Morgan fingerprint density at radius 1 is 0.944 bits per heavy atom. The number of phenolic OH excluding ortho intramolecular Hbond substituents is 1. The Labute approximate surface area is 212 Å². The normalized spacial score (nSPS) is 21.4. The predicted octanol–water partition coefficient (Wildman–Crippen LogP) is 3.59. The molecule has 2 amide bonds. The predicted molar refractivity (Wildman–Crippen MR) is 139 cm³/mol. The summed E-state index contributed by atoms with van der Waals surface area (Å²) in [6.07, 6.45) is 0.150. The number of piperidine rings is 1. The van der Waals surface area contributed by atoms with Crippen molar-refractivity contribution in [2.75, 3.05) is 19.6 Å². The Hall–Kier alpha value is -3.64. The van der Waals surface area contributed by atoms with Crippen LogP contribution in [0.3, 0.4) is 0 Å². The molecule has 3 aromatic carbocycles. The molecule has 3 aromatic rings. The Morgan fingerprint density at radius 3 is 2.31 bits per heavy atom. The van der Waals surface area contributed by atoms with Crippen molar-refractivity contribution in [3.05, 3.63) is 101 Å². The van der Waals surface area contributed by atoms with Gasteiger partial charge in [0.1, 0.15) is 5.75 Å². The minimum Gasteiger partial charge on any atom is -0.508 e. The molecule has 1 heterocycles. The second-order valence-corrected chi connectivity index (χ2v) is 10.1. The van der Waals surface area contributed by atoms with Crippen LogP contribution in [0.2, 0.25) is 0 Å². The fourth-order valence-electron chi connectivity index (χ4n) is 5.52. The number of hydrogen-bond donors (Lipinski definition) is 3. The first-order valence-corrected chi connectivity index (χ1v) is 12.6. The van der Waals surface area contributed by atoms with Crippen molar-refractivity contribution in [3.8, 4) is 5.75 Å². The van der Waals surface area contributed by atoms with Gasteiger partial charge in [-0.3, -0.25) is 14.5 Å². The van der Waals surface area contributed by atoms with Gasteiger partial charge in [0.2, 0.25) is 11.8 Å². The van der Waals surface area contributed by atoms with E-state index in [4.69, 9.17) is 0 Å². The lowest BCUT2D eigenvalue weighted by molar-refractivity contribution is -0.126. The molecule has 4 atom stereocenters. The molecule has 2 unspecified atom stereocenters. The number of hydrogen-bond acceptors (Lipinski definition) is 4. The van der Waals surface area contributed by atoms with Crippen LogP contribution in [0.25, 0.3) is 0 Å². The molecular weight excluding hydrogens is 450 g/mol. The Bertz CT molecular complexity index is 1200. The molecule has 0 radical (unpaired) electrons. The zero-order valence-electron chi connectivity index (χ0n) is 20.6. The topological polar surface area (TPSA) is 81.7 Å². The highest BCUT2D eigenvalue weighted by Gasteiger charge is 2.56. The number of amides is 2. The number of rotatable bonds is 9. The lowest BCUT2D eigenvalue weighted by Crippen LogP contribution is -2.41. The van der Waals surface area contributed by atoms with E-state index in [-0.39, 0.29) is 42.5 Å². The van der Waals surface area contributed by atoms with Crippen molar-refractivity contribution in [1.82, 2.24) is 15.5 Å². The minimum atomic E-state index is -0.299. The third kappa shape index (κ3) is 5.60. The molecule has 2 fully saturated rings.